The molecule has 0 spiro atoms. The molecule has 1 saturated heterocycles. The largest absolute Gasteiger partial charge is 0.494 e. The van der Waals surface area contributed by atoms with Crippen molar-refractivity contribution >= 4 is 46.8 Å². The van der Waals surface area contributed by atoms with E-state index in [1.54, 1.807) is 0 Å². The second kappa shape index (κ2) is 4.40. The zero-order valence-corrected chi connectivity index (χ0v) is 13.3. The van der Waals surface area contributed by atoms with Crippen molar-refractivity contribution in [2.45, 2.75) is 38.9 Å². The first kappa shape index (κ1) is 13.7. The maximum Gasteiger partial charge on any atom is 0.494 e. The molecule has 5 heteroatoms. The van der Waals surface area contributed by atoms with Crippen LogP contribution in [-0.4, -0.2) is 18.3 Å². The van der Waals surface area contributed by atoms with Gasteiger partial charge in [-0.1, -0.05) is 11.6 Å². The minimum atomic E-state index is -0.341. The fourth-order valence-corrected chi connectivity index (χ4v) is 2.81. The summed E-state index contributed by atoms with van der Waals surface area (Å²) in [6, 6.07) is 5.84. The van der Waals surface area contributed by atoms with Gasteiger partial charge in [0.25, 0.3) is 0 Å². The Morgan fingerprint density at radius 3 is 2.06 bits per heavy atom. The van der Waals surface area contributed by atoms with Crippen molar-refractivity contribution in [3.8, 4) is 0 Å². The first-order chi connectivity index (χ1) is 7.71. The number of benzene rings is 1. The Morgan fingerprint density at radius 2 is 1.59 bits per heavy atom. The fourth-order valence-electron chi connectivity index (χ4n) is 1.69. The molecule has 0 atom stereocenters. The summed E-state index contributed by atoms with van der Waals surface area (Å²) in [5.74, 6) is 0. The monoisotopic (exact) mass is 364 g/mol. The predicted octanol–water partition coefficient (Wildman–Crippen LogP) is 3.24. The zero-order valence-electron chi connectivity index (χ0n) is 10.4. The molecule has 92 valence electrons. The van der Waals surface area contributed by atoms with Crippen LogP contribution in [0.3, 0.4) is 0 Å². The molecule has 0 aromatic heterocycles. The third-order valence-electron chi connectivity index (χ3n) is 3.41. The Balaban J connectivity index is 2.32. The van der Waals surface area contributed by atoms with E-state index in [2.05, 4.69) is 22.6 Å². The van der Waals surface area contributed by atoms with Gasteiger partial charge >= 0.3 is 7.12 Å². The molecule has 2 rings (SSSR count). The molecule has 1 heterocycles. The van der Waals surface area contributed by atoms with Crippen LogP contribution in [0, 0.1) is 3.57 Å². The molecule has 1 aliphatic heterocycles. The van der Waals surface area contributed by atoms with Crippen LogP contribution >= 0.6 is 34.2 Å². The maximum absolute atomic E-state index is 6.05. The van der Waals surface area contributed by atoms with Crippen LogP contribution in [0.4, 0.5) is 0 Å². The number of rotatable bonds is 1. The fraction of sp³-hybridized carbons (Fsp3) is 0.500. The lowest BCUT2D eigenvalue weighted by molar-refractivity contribution is 0.00578. The summed E-state index contributed by atoms with van der Waals surface area (Å²) in [7, 11) is -0.341. The van der Waals surface area contributed by atoms with Crippen LogP contribution in [0.15, 0.2) is 18.2 Å². The molecule has 0 amide bonds. The van der Waals surface area contributed by atoms with Crippen molar-refractivity contribution in [3.63, 3.8) is 0 Å². The Kier molecular flexibility index (Phi) is 3.54. The van der Waals surface area contributed by atoms with Crippen molar-refractivity contribution in [3.05, 3.63) is 26.8 Å². The van der Waals surface area contributed by atoms with Crippen molar-refractivity contribution in [2.75, 3.05) is 0 Å². The molecule has 0 N–H and O–H groups in total. The highest BCUT2D eigenvalue weighted by atomic mass is 127. The molecular weight excluding hydrogens is 349 g/mol. The highest BCUT2D eigenvalue weighted by Crippen LogP contribution is 2.36. The molecule has 0 aliphatic carbocycles. The normalized spacial score (nSPS) is 21.9. The van der Waals surface area contributed by atoms with Gasteiger partial charge in [0.05, 0.1) is 11.2 Å². The summed E-state index contributed by atoms with van der Waals surface area (Å²) in [5, 5.41) is 0.710. The van der Waals surface area contributed by atoms with Gasteiger partial charge in [-0.15, -0.1) is 0 Å². The van der Waals surface area contributed by atoms with Crippen LogP contribution in [0.5, 0.6) is 0 Å². The predicted molar refractivity (Wildman–Crippen MR) is 79.9 cm³/mol. The summed E-state index contributed by atoms with van der Waals surface area (Å²) in [6.45, 7) is 8.18. The summed E-state index contributed by atoms with van der Waals surface area (Å²) < 4.78 is 13.0. The van der Waals surface area contributed by atoms with Crippen LogP contribution in [-0.2, 0) is 9.31 Å². The van der Waals surface area contributed by atoms with Gasteiger partial charge in [-0.05, 0) is 73.9 Å². The molecule has 0 radical (unpaired) electrons. The van der Waals surface area contributed by atoms with Gasteiger partial charge in [0.2, 0.25) is 0 Å². The molecule has 1 aliphatic rings. The molecule has 0 saturated carbocycles. The summed E-state index contributed by atoms with van der Waals surface area (Å²) >= 11 is 8.29. The van der Waals surface area contributed by atoms with Crippen molar-refractivity contribution in [2.24, 2.45) is 0 Å². The molecule has 1 fully saturated rings. The van der Waals surface area contributed by atoms with Gasteiger partial charge in [-0.3, -0.25) is 0 Å². The molecule has 0 bridgehead atoms. The van der Waals surface area contributed by atoms with Crippen LogP contribution in [0.25, 0.3) is 0 Å². The van der Waals surface area contributed by atoms with Gasteiger partial charge in [-0.2, -0.15) is 0 Å². The smallest absolute Gasteiger partial charge is 0.399 e. The minimum Gasteiger partial charge on any atom is -0.399 e. The van der Waals surface area contributed by atoms with Crippen LogP contribution in [0.1, 0.15) is 27.7 Å². The second-order valence-corrected chi connectivity index (χ2v) is 6.97. The highest BCUT2D eigenvalue weighted by Gasteiger charge is 2.51. The zero-order chi connectivity index (χ0) is 12.8. The van der Waals surface area contributed by atoms with E-state index in [1.807, 2.05) is 45.9 Å². The van der Waals surface area contributed by atoms with E-state index in [1.165, 1.54) is 0 Å². The second-order valence-electron chi connectivity index (χ2n) is 5.29. The Labute approximate surface area is 121 Å². The van der Waals surface area contributed by atoms with E-state index in [0.29, 0.717) is 5.02 Å². The lowest BCUT2D eigenvalue weighted by Crippen LogP contribution is -2.41. The van der Waals surface area contributed by atoms with Crippen LogP contribution in [0.2, 0.25) is 5.02 Å². The molecule has 1 aromatic carbocycles. The SMILES string of the molecule is CC1(C)OB(c2cc(Cl)cc(I)c2)OC1(C)C. The molecule has 2 nitrogen and oxygen atoms in total. The van der Waals surface area contributed by atoms with Crippen molar-refractivity contribution in [1.82, 2.24) is 0 Å². The number of halogens is 2. The highest BCUT2D eigenvalue weighted by molar-refractivity contribution is 14.1. The van der Waals surface area contributed by atoms with Gasteiger partial charge in [0, 0.05) is 8.59 Å². The van der Waals surface area contributed by atoms with Crippen molar-refractivity contribution < 1.29 is 9.31 Å². The van der Waals surface area contributed by atoms with E-state index in [0.717, 1.165) is 9.03 Å². The van der Waals surface area contributed by atoms with Gasteiger partial charge in [0.1, 0.15) is 0 Å². The molecule has 1 aromatic rings. The van der Waals surface area contributed by atoms with E-state index in [4.69, 9.17) is 20.9 Å². The first-order valence-electron chi connectivity index (χ1n) is 5.53. The van der Waals surface area contributed by atoms with Gasteiger partial charge in [0.15, 0.2) is 0 Å². The Hall–Kier alpha value is 0.225. The van der Waals surface area contributed by atoms with Crippen LogP contribution < -0.4 is 5.46 Å². The minimum absolute atomic E-state index is 0.314. The number of hydrogen-bond acceptors (Lipinski definition) is 2. The van der Waals surface area contributed by atoms with E-state index < -0.39 is 0 Å². The summed E-state index contributed by atoms with van der Waals surface area (Å²) in [6.07, 6.45) is 0. The Morgan fingerprint density at radius 1 is 1.06 bits per heavy atom. The summed E-state index contributed by atoms with van der Waals surface area (Å²) in [4.78, 5) is 0. The van der Waals surface area contributed by atoms with E-state index >= 15 is 0 Å². The lowest BCUT2D eigenvalue weighted by atomic mass is 9.79. The molecular formula is C12H15BClIO2. The van der Waals surface area contributed by atoms with E-state index in [9.17, 15) is 0 Å². The molecule has 0 unspecified atom stereocenters. The van der Waals surface area contributed by atoms with Gasteiger partial charge in [-0.25, -0.2) is 0 Å². The Bertz CT molecular complexity index is 412. The summed E-state index contributed by atoms with van der Waals surface area (Å²) in [5.41, 5.74) is 0.345. The first-order valence-corrected chi connectivity index (χ1v) is 6.99. The third-order valence-corrected chi connectivity index (χ3v) is 4.25. The topological polar surface area (TPSA) is 18.5 Å². The van der Waals surface area contributed by atoms with E-state index in [-0.39, 0.29) is 18.3 Å². The lowest BCUT2D eigenvalue weighted by Gasteiger charge is -2.32. The van der Waals surface area contributed by atoms with Crippen molar-refractivity contribution in [1.29, 1.82) is 0 Å². The maximum atomic E-state index is 6.05. The quantitative estimate of drug-likeness (QED) is 0.563. The standard InChI is InChI=1S/C12H15BClIO2/c1-11(2)12(3,4)17-13(16-11)8-5-9(14)7-10(15)6-8/h5-7H,1-4H3. The average molecular weight is 364 g/mol. The van der Waals surface area contributed by atoms with Gasteiger partial charge < -0.3 is 9.31 Å². The molecule has 17 heavy (non-hydrogen) atoms. The third kappa shape index (κ3) is 2.65. The number of hydrogen-bond donors (Lipinski definition) is 0. The average Bonchev–Trinajstić information content (AvgIpc) is 2.34.